The van der Waals surface area contributed by atoms with E-state index < -0.39 is 22.4 Å². The number of halogens is 1. The minimum atomic E-state index is -1.02. The first-order valence-corrected chi connectivity index (χ1v) is 11.6. The van der Waals surface area contributed by atoms with E-state index >= 15 is 0 Å². The summed E-state index contributed by atoms with van der Waals surface area (Å²) in [5.41, 5.74) is -0.328. The number of rotatable bonds is 7. The summed E-state index contributed by atoms with van der Waals surface area (Å²) < 4.78 is 12.3. The second kappa shape index (κ2) is 10.3. The Morgan fingerprint density at radius 2 is 2.00 bits per heavy atom. The molecule has 0 spiro atoms. The van der Waals surface area contributed by atoms with E-state index in [1.807, 2.05) is 20.8 Å². The monoisotopic (exact) mass is 544 g/mol. The van der Waals surface area contributed by atoms with Gasteiger partial charge in [0.1, 0.15) is 5.82 Å². The van der Waals surface area contributed by atoms with Gasteiger partial charge >= 0.3 is 11.7 Å². The zero-order chi connectivity index (χ0) is 25.9. The normalized spacial score (nSPS) is 12.6. The highest BCUT2D eigenvalue weighted by Gasteiger charge is 2.24. The van der Waals surface area contributed by atoms with Crippen molar-refractivity contribution in [1.29, 1.82) is 0 Å². The molecule has 0 fully saturated rings. The molecule has 0 amide bonds. The number of hydrogen-bond donors (Lipinski definition) is 0. The smallest absolute Gasteiger partial charge is 0.347 e. The Hall–Kier alpha value is -3.60. The lowest BCUT2D eigenvalue weighted by Crippen LogP contribution is -2.29. The molecule has 1 aromatic heterocycles. The Balaban J connectivity index is 2.05. The van der Waals surface area contributed by atoms with Crippen LogP contribution in [-0.4, -0.2) is 39.5 Å². The molecular formula is C24H25BrN4O6. The largest absolute Gasteiger partial charge is 0.472 e. The van der Waals surface area contributed by atoms with Gasteiger partial charge in [-0.05, 0) is 44.2 Å². The van der Waals surface area contributed by atoms with Gasteiger partial charge in [0.2, 0.25) is 0 Å². The van der Waals surface area contributed by atoms with E-state index in [0.717, 1.165) is 4.47 Å². The summed E-state index contributed by atoms with van der Waals surface area (Å²) in [5.74, 6) is -0.277. The number of benzene rings is 2. The van der Waals surface area contributed by atoms with Crippen molar-refractivity contribution >= 4 is 44.7 Å². The molecule has 0 radical (unpaired) electrons. The molecule has 0 unspecified atom stereocenters. The Morgan fingerprint density at radius 3 is 2.63 bits per heavy atom. The SMILES string of the molecule is CCOC(=O)[C@@H](C)Oc1ccc(C=Nn2c(C(C)(C)C)nc3ccc(Br)cc3c2=O)cc1[N+](=O)[O-]. The van der Waals surface area contributed by atoms with Gasteiger partial charge in [-0.2, -0.15) is 9.78 Å². The minimum absolute atomic E-state index is 0.0857. The Labute approximate surface area is 209 Å². The Morgan fingerprint density at radius 1 is 1.29 bits per heavy atom. The molecule has 0 saturated carbocycles. The number of nitro benzene ring substituents is 1. The van der Waals surface area contributed by atoms with Crippen LogP contribution in [0.5, 0.6) is 5.75 Å². The average Bonchev–Trinajstić information content (AvgIpc) is 2.78. The van der Waals surface area contributed by atoms with Gasteiger partial charge in [-0.3, -0.25) is 14.9 Å². The summed E-state index contributed by atoms with van der Waals surface area (Å²) in [7, 11) is 0. The molecular weight excluding hydrogens is 520 g/mol. The van der Waals surface area contributed by atoms with Crippen LogP contribution >= 0.6 is 15.9 Å². The fourth-order valence-electron chi connectivity index (χ4n) is 3.22. The molecule has 0 N–H and O–H groups in total. The van der Waals surface area contributed by atoms with Crippen molar-refractivity contribution < 1.29 is 19.2 Å². The lowest BCUT2D eigenvalue weighted by molar-refractivity contribution is -0.386. The first kappa shape index (κ1) is 26.0. The maximum Gasteiger partial charge on any atom is 0.347 e. The quantitative estimate of drug-likeness (QED) is 0.184. The fourth-order valence-corrected chi connectivity index (χ4v) is 3.58. The third kappa shape index (κ3) is 5.91. The molecule has 0 saturated heterocycles. The highest BCUT2D eigenvalue weighted by Crippen LogP contribution is 2.29. The van der Waals surface area contributed by atoms with Crippen molar-refractivity contribution in [2.45, 2.75) is 46.1 Å². The number of hydrogen-bond acceptors (Lipinski definition) is 8. The number of aromatic nitrogens is 2. The van der Waals surface area contributed by atoms with Crippen LogP contribution in [0.25, 0.3) is 10.9 Å². The lowest BCUT2D eigenvalue weighted by Gasteiger charge is -2.20. The van der Waals surface area contributed by atoms with Crippen LogP contribution in [0.15, 0.2) is 50.8 Å². The molecule has 1 atom stereocenters. The van der Waals surface area contributed by atoms with Gasteiger partial charge in [0.05, 0.1) is 28.6 Å². The number of carbonyl (C=O) groups is 1. The van der Waals surface area contributed by atoms with Gasteiger partial charge in [0.15, 0.2) is 11.9 Å². The van der Waals surface area contributed by atoms with Crippen molar-refractivity contribution in [3.05, 3.63) is 72.7 Å². The van der Waals surface area contributed by atoms with Gasteiger partial charge in [0.25, 0.3) is 5.56 Å². The van der Waals surface area contributed by atoms with Gasteiger partial charge in [-0.25, -0.2) is 9.78 Å². The maximum absolute atomic E-state index is 13.3. The number of carbonyl (C=O) groups excluding carboxylic acids is 1. The van der Waals surface area contributed by atoms with E-state index in [1.165, 1.54) is 36.0 Å². The Bertz CT molecular complexity index is 1380. The van der Waals surface area contributed by atoms with Gasteiger partial charge in [0, 0.05) is 21.5 Å². The van der Waals surface area contributed by atoms with E-state index in [4.69, 9.17) is 9.47 Å². The Kier molecular flexibility index (Phi) is 7.69. The molecule has 1 heterocycles. The topological polar surface area (TPSA) is 126 Å². The molecule has 0 aliphatic heterocycles. The minimum Gasteiger partial charge on any atom is -0.472 e. The first-order valence-electron chi connectivity index (χ1n) is 10.8. The van der Waals surface area contributed by atoms with E-state index in [-0.39, 0.29) is 23.6 Å². The molecule has 2 aromatic carbocycles. The third-order valence-corrected chi connectivity index (χ3v) is 5.40. The van der Waals surface area contributed by atoms with Crippen LogP contribution in [0, 0.1) is 10.1 Å². The van der Waals surface area contributed by atoms with Crippen LogP contribution in [0.2, 0.25) is 0 Å². The molecule has 184 valence electrons. The van der Waals surface area contributed by atoms with Crippen molar-refractivity contribution in [3.63, 3.8) is 0 Å². The first-order chi connectivity index (χ1) is 16.4. The molecule has 11 heteroatoms. The van der Waals surface area contributed by atoms with Crippen LogP contribution < -0.4 is 10.3 Å². The summed E-state index contributed by atoms with van der Waals surface area (Å²) in [6.07, 6.45) is 0.317. The van der Waals surface area contributed by atoms with Crippen LogP contribution in [0.1, 0.15) is 46.0 Å². The number of nitro groups is 1. The highest BCUT2D eigenvalue weighted by atomic mass is 79.9. The van der Waals surface area contributed by atoms with Gasteiger partial charge in [-0.1, -0.05) is 36.7 Å². The molecule has 0 aliphatic rings. The molecule has 35 heavy (non-hydrogen) atoms. The molecule has 10 nitrogen and oxygen atoms in total. The predicted molar refractivity (Wildman–Crippen MR) is 135 cm³/mol. The molecule has 0 bridgehead atoms. The van der Waals surface area contributed by atoms with E-state index in [0.29, 0.717) is 22.3 Å². The van der Waals surface area contributed by atoms with Crippen molar-refractivity contribution in [2.75, 3.05) is 6.61 Å². The van der Waals surface area contributed by atoms with Crippen molar-refractivity contribution in [3.8, 4) is 5.75 Å². The number of fused-ring (bicyclic) bond motifs is 1. The molecule has 0 aliphatic carbocycles. The van der Waals surface area contributed by atoms with E-state index in [2.05, 4.69) is 26.0 Å². The van der Waals surface area contributed by atoms with Gasteiger partial charge < -0.3 is 9.47 Å². The highest BCUT2D eigenvalue weighted by molar-refractivity contribution is 9.10. The second-order valence-corrected chi connectivity index (χ2v) is 9.62. The predicted octanol–water partition coefficient (Wildman–Crippen LogP) is 4.58. The van der Waals surface area contributed by atoms with Crippen LogP contribution in [0.3, 0.4) is 0 Å². The summed E-state index contributed by atoms with van der Waals surface area (Å²) >= 11 is 3.37. The van der Waals surface area contributed by atoms with E-state index in [1.54, 1.807) is 25.1 Å². The van der Waals surface area contributed by atoms with E-state index in [9.17, 15) is 19.7 Å². The average molecular weight is 545 g/mol. The fraction of sp³-hybridized carbons (Fsp3) is 0.333. The standard InChI is InChI=1S/C24H25BrN4O6/c1-6-34-22(31)14(2)35-20-10-7-15(11-19(20)29(32)33)13-26-28-21(30)17-12-16(25)8-9-18(17)27-23(28)24(3,4)5/h7-14H,6H2,1-5H3/t14-/m1/s1. The van der Waals surface area contributed by atoms with Crippen LogP contribution in [-0.2, 0) is 14.9 Å². The maximum atomic E-state index is 13.3. The van der Waals surface area contributed by atoms with Gasteiger partial charge in [-0.15, -0.1) is 0 Å². The van der Waals surface area contributed by atoms with Crippen LogP contribution in [0.4, 0.5) is 5.69 Å². The van der Waals surface area contributed by atoms with Crippen molar-refractivity contribution in [2.24, 2.45) is 5.10 Å². The summed E-state index contributed by atoms with van der Waals surface area (Å²) in [5, 5.41) is 16.3. The molecule has 3 rings (SSSR count). The summed E-state index contributed by atoms with van der Waals surface area (Å²) in [6.45, 7) is 9.00. The summed E-state index contributed by atoms with van der Waals surface area (Å²) in [6, 6.07) is 9.40. The lowest BCUT2D eigenvalue weighted by atomic mass is 9.95. The third-order valence-electron chi connectivity index (χ3n) is 4.90. The summed E-state index contributed by atoms with van der Waals surface area (Å²) in [4.78, 5) is 40.7. The number of ether oxygens (including phenoxy) is 2. The molecule has 3 aromatic rings. The number of nitrogens with zero attached hydrogens (tertiary/aromatic N) is 4. The van der Waals surface area contributed by atoms with Crippen molar-refractivity contribution in [1.82, 2.24) is 9.66 Å². The second-order valence-electron chi connectivity index (χ2n) is 8.70. The zero-order valence-electron chi connectivity index (χ0n) is 19.9. The zero-order valence-corrected chi connectivity index (χ0v) is 21.5. The number of esters is 1.